The Kier molecular flexibility index (Phi) is 7.72. The minimum atomic E-state index is -3.93. The highest BCUT2D eigenvalue weighted by Crippen LogP contribution is 2.24. The number of aryl methyl sites for hydroxylation is 5. The first-order valence-electron chi connectivity index (χ1n) is 11.2. The molecule has 1 atom stereocenters. The summed E-state index contributed by atoms with van der Waals surface area (Å²) < 4.78 is 29.6. The predicted octanol–water partition coefficient (Wildman–Crippen LogP) is 5.01. The Balaban J connectivity index is 1.98. The number of anilines is 1. The van der Waals surface area contributed by atoms with Crippen molar-refractivity contribution in [2.45, 2.75) is 58.4 Å². The summed E-state index contributed by atoms with van der Waals surface area (Å²) in [5, 5.41) is 3.00. The molecule has 0 aliphatic rings. The minimum absolute atomic E-state index is 0.226. The van der Waals surface area contributed by atoms with Crippen LogP contribution in [0, 0.1) is 27.7 Å². The zero-order valence-electron chi connectivity index (χ0n) is 19.9. The van der Waals surface area contributed by atoms with Crippen molar-refractivity contribution in [3.05, 3.63) is 94.0 Å². The fourth-order valence-electron chi connectivity index (χ4n) is 4.29. The molecule has 0 radical (unpaired) electrons. The van der Waals surface area contributed by atoms with E-state index >= 15 is 0 Å². The van der Waals surface area contributed by atoms with E-state index in [0.29, 0.717) is 11.1 Å². The molecule has 0 fully saturated rings. The number of carbonyl (C=O) groups excluding carboxylic acids is 1. The standard InChI is InChI=1S/C27H32N2O3S/c1-6-23-14-10-11-19(3)25(23)28-27(30)24(17-22-12-8-7-9-13-22)29-33(31,32)26-20(4)15-18(2)16-21(26)5/h7-16,24,29H,6,17H2,1-5H3,(H,28,30)/t24-/m1/s1. The van der Waals surface area contributed by atoms with Crippen molar-refractivity contribution in [3.8, 4) is 0 Å². The summed E-state index contributed by atoms with van der Waals surface area (Å²) in [7, 11) is -3.93. The Morgan fingerprint density at radius 2 is 1.52 bits per heavy atom. The van der Waals surface area contributed by atoms with Crippen LogP contribution in [0.3, 0.4) is 0 Å². The van der Waals surface area contributed by atoms with Gasteiger partial charge in [-0.3, -0.25) is 4.79 Å². The number of sulfonamides is 1. The Bertz CT molecular complexity index is 1230. The molecule has 0 bridgehead atoms. The number of amides is 1. The fraction of sp³-hybridized carbons (Fsp3) is 0.296. The average Bonchev–Trinajstić information content (AvgIpc) is 2.74. The molecule has 0 heterocycles. The highest BCUT2D eigenvalue weighted by molar-refractivity contribution is 7.89. The van der Waals surface area contributed by atoms with Crippen molar-refractivity contribution in [1.82, 2.24) is 4.72 Å². The van der Waals surface area contributed by atoms with E-state index in [-0.39, 0.29) is 17.2 Å². The van der Waals surface area contributed by atoms with E-state index in [1.165, 1.54) is 0 Å². The Hall–Kier alpha value is -2.96. The zero-order chi connectivity index (χ0) is 24.2. The number of hydrogen-bond acceptors (Lipinski definition) is 3. The van der Waals surface area contributed by atoms with Crippen LogP contribution >= 0.6 is 0 Å². The lowest BCUT2D eigenvalue weighted by atomic mass is 10.0. The predicted molar refractivity (Wildman–Crippen MR) is 134 cm³/mol. The zero-order valence-corrected chi connectivity index (χ0v) is 20.7. The van der Waals surface area contributed by atoms with E-state index in [1.54, 1.807) is 13.8 Å². The fourth-order valence-corrected chi connectivity index (χ4v) is 5.94. The first-order chi connectivity index (χ1) is 15.6. The maximum atomic E-state index is 13.4. The molecule has 0 aliphatic carbocycles. The number of benzene rings is 3. The molecule has 0 saturated carbocycles. The van der Waals surface area contributed by atoms with Gasteiger partial charge >= 0.3 is 0 Å². The smallest absolute Gasteiger partial charge is 0.242 e. The molecule has 0 aliphatic heterocycles. The van der Waals surface area contributed by atoms with Gasteiger partial charge in [0.2, 0.25) is 15.9 Å². The molecule has 0 aromatic heterocycles. The van der Waals surface area contributed by atoms with Gasteiger partial charge in [-0.05, 0) is 68.4 Å². The van der Waals surface area contributed by atoms with Gasteiger partial charge < -0.3 is 5.32 Å². The average molecular weight is 465 g/mol. The summed E-state index contributed by atoms with van der Waals surface area (Å²) in [6.45, 7) is 9.45. The topological polar surface area (TPSA) is 75.3 Å². The molecule has 0 spiro atoms. The van der Waals surface area contributed by atoms with E-state index < -0.39 is 16.1 Å². The first-order valence-corrected chi connectivity index (χ1v) is 12.6. The molecule has 33 heavy (non-hydrogen) atoms. The van der Waals surface area contributed by atoms with Gasteiger partial charge in [-0.1, -0.05) is 73.2 Å². The molecule has 3 rings (SSSR count). The van der Waals surface area contributed by atoms with Crippen LogP contribution in [-0.2, 0) is 27.7 Å². The molecule has 5 nitrogen and oxygen atoms in total. The summed E-state index contributed by atoms with van der Waals surface area (Å²) in [5.74, 6) is -0.381. The number of para-hydroxylation sites is 1. The number of carbonyl (C=O) groups is 1. The van der Waals surface area contributed by atoms with E-state index in [1.807, 2.05) is 81.4 Å². The van der Waals surface area contributed by atoms with Crippen molar-refractivity contribution in [3.63, 3.8) is 0 Å². The molecule has 2 N–H and O–H groups in total. The molecular formula is C27H32N2O3S. The summed E-state index contributed by atoms with van der Waals surface area (Å²) in [5.41, 5.74) is 5.87. The molecular weight excluding hydrogens is 432 g/mol. The maximum absolute atomic E-state index is 13.4. The largest absolute Gasteiger partial charge is 0.324 e. The Morgan fingerprint density at radius 1 is 0.879 bits per heavy atom. The third kappa shape index (κ3) is 5.89. The molecule has 174 valence electrons. The molecule has 0 unspecified atom stereocenters. The van der Waals surface area contributed by atoms with Crippen LogP contribution in [0.1, 0.15) is 40.3 Å². The van der Waals surface area contributed by atoms with Gasteiger partial charge in [-0.2, -0.15) is 4.72 Å². The second-order valence-electron chi connectivity index (χ2n) is 8.54. The molecule has 3 aromatic carbocycles. The summed E-state index contributed by atoms with van der Waals surface area (Å²) in [4.78, 5) is 13.7. The number of rotatable bonds is 8. The third-order valence-corrected chi connectivity index (χ3v) is 7.53. The van der Waals surface area contributed by atoms with E-state index in [4.69, 9.17) is 0 Å². The summed E-state index contributed by atoms with van der Waals surface area (Å²) in [6.07, 6.45) is 0.997. The lowest BCUT2D eigenvalue weighted by Gasteiger charge is -2.22. The van der Waals surface area contributed by atoms with Crippen LogP contribution in [0.4, 0.5) is 5.69 Å². The quantitative estimate of drug-likeness (QED) is 0.492. The van der Waals surface area contributed by atoms with Gasteiger partial charge in [0.25, 0.3) is 0 Å². The van der Waals surface area contributed by atoms with Gasteiger partial charge in [0.15, 0.2) is 0 Å². The van der Waals surface area contributed by atoms with Crippen molar-refractivity contribution < 1.29 is 13.2 Å². The minimum Gasteiger partial charge on any atom is -0.324 e. The maximum Gasteiger partial charge on any atom is 0.242 e. The van der Waals surface area contributed by atoms with Gasteiger partial charge in [-0.25, -0.2) is 8.42 Å². The van der Waals surface area contributed by atoms with Crippen LogP contribution < -0.4 is 10.0 Å². The molecule has 0 saturated heterocycles. The monoisotopic (exact) mass is 464 g/mol. The summed E-state index contributed by atoms with van der Waals surface area (Å²) in [6, 6.07) is 18.0. The molecule has 6 heteroatoms. The van der Waals surface area contributed by atoms with E-state index in [2.05, 4.69) is 10.0 Å². The lowest BCUT2D eigenvalue weighted by molar-refractivity contribution is -0.117. The van der Waals surface area contributed by atoms with Crippen LogP contribution in [0.2, 0.25) is 0 Å². The second kappa shape index (κ2) is 10.3. The van der Waals surface area contributed by atoms with Crippen LogP contribution in [0.5, 0.6) is 0 Å². The van der Waals surface area contributed by atoms with Crippen molar-refractivity contribution in [2.24, 2.45) is 0 Å². The van der Waals surface area contributed by atoms with Gasteiger partial charge in [0, 0.05) is 5.69 Å². The Labute approximate surface area is 197 Å². The highest BCUT2D eigenvalue weighted by atomic mass is 32.2. The highest BCUT2D eigenvalue weighted by Gasteiger charge is 2.29. The third-order valence-electron chi connectivity index (χ3n) is 5.76. The van der Waals surface area contributed by atoms with Crippen molar-refractivity contribution in [2.75, 3.05) is 5.32 Å². The SMILES string of the molecule is CCc1cccc(C)c1NC(=O)[C@@H](Cc1ccccc1)NS(=O)(=O)c1c(C)cc(C)cc1C. The normalized spacial score (nSPS) is 12.4. The van der Waals surface area contributed by atoms with Crippen LogP contribution in [0.15, 0.2) is 65.6 Å². The molecule has 3 aromatic rings. The number of nitrogens with one attached hydrogen (secondary N) is 2. The van der Waals surface area contributed by atoms with Crippen molar-refractivity contribution in [1.29, 1.82) is 0 Å². The van der Waals surface area contributed by atoms with E-state index in [0.717, 1.165) is 34.4 Å². The van der Waals surface area contributed by atoms with E-state index in [9.17, 15) is 13.2 Å². The molecule has 1 amide bonds. The first kappa shape index (κ1) is 24.7. The van der Waals surface area contributed by atoms with Crippen molar-refractivity contribution >= 4 is 21.6 Å². The second-order valence-corrected chi connectivity index (χ2v) is 10.2. The summed E-state index contributed by atoms with van der Waals surface area (Å²) >= 11 is 0. The van der Waals surface area contributed by atoms with Gasteiger partial charge in [-0.15, -0.1) is 0 Å². The lowest BCUT2D eigenvalue weighted by Crippen LogP contribution is -2.45. The van der Waals surface area contributed by atoms with Gasteiger partial charge in [0.1, 0.15) is 6.04 Å². The number of hydrogen-bond donors (Lipinski definition) is 2. The van der Waals surface area contributed by atoms with Crippen LogP contribution in [0.25, 0.3) is 0 Å². The van der Waals surface area contributed by atoms with Gasteiger partial charge in [0.05, 0.1) is 4.90 Å². The van der Waals surface area contributed by atoms with Crippen LogP contribution in [-0.4, -0.2) is 20.4 Å². The Morgan fingerprint density at radius 3 is 2.12 bits per heavy atom.